The average molecular weight is 323 g/mol. The molecule has 0 bridgehead atoms. The molecule has 0 saturated carbocycles. The molecule has 0 aliphatic heterocycles. The van der Waals surface area contributed by atoms with Gasteiger partial charge >= 0.3 is 5.69 Å². The third-order valence-corrected chi connectivity index (χ3v) is 3.79. The fourth-order valence-electron chi connectivity index (χ4n) is 2.43. The van der Waals surface area contributed by atoms with Gasteiger partial charge in [0, 0.05) is 11.8 Å². The van der Waals surface area contributed by atoms with Crippen molar-refractivity contribution in [2.75, 3.05) is 0 Å². The molecule has 4 aromatic rings. The van der Waals surface area contributed by atoms with Crippen LogP contribution in [0, 0.1) is 0 Å². The molecule has 0 saturated heterocycles. The maximum absolute atomic E-state index is 12.6. The topological polar surface area (TPSA) is 52.2 Å². The van der Waals surface area contributed by atoms with Crippen LogP contribution in [0.15, 0.2) is 71.7 Å². The molecule has 0 unspecified atom stereocenters. The quantitative estimate of drug-likeness (QED) is 0.569. The van der Waals surface area contributed by atoms with Crippen LogP contribution >= 0.6 is 11.6 Å². The van der Waals surface area contributed by atoms with Crippen LogP contribution in [-0.4, -0.2) is 19.2 Å². The lowest BCUT2D eigenvalue weighted by molar-refractivity contribution is 0.839. The van der Waals surface area contributed by atoms with Crippen molar-refractivity contribution in [2.24, 2.45) is 0 Å². The Hall–Kier alpha value is -2.92. The van der Waals surface area contributed by atoms with Gasteiger partial charge in [0.25, 0.3) is 0 Å². The first kappa shape index (κ1) is 13.7. The maximum Gasteiger partial charge on any atom is 0.355 e. The van der Waals surface area contributed by atoms with E-state index in [1.54, 1.807) is 6.20 Å². The molecule has 2 heterocycles. The summed E-state index contributed by atoms with van der Waals surface area (Å²) in [5.74, 6) is 0. The van der Waals surface area contributed by atoms with E-state index in [0.717, 1.165) is 5.56 Å². The van der Waals surface area contributed by atoms with Crippen LogP contribution in [0.2, 0.25) is 5.15 Å². The molecule has 23 heavy (non-hydrogen) atoms. The van der Waals surface area contributed by atoms with E-state index in [1.165, 1.54) is 9.08 Å². The van der Waals surface area contributed by atoms with Crippen LogP contribution in [0.25, 0.3) is 22.6 Å². The Balaban J connectivity index is 1.97. The second-order valence-electron chi connectivity index (χ2n) is 5.01. The van der Waals surface area contributed by atoms with Gasteiger partial charge in [-0.25, -0.2) is 14.2 Å². The first-order chi connectivity index (χ1) is 11.2. The van der Waals surface area contributed by atoms with Gasteiger partial charge in [0.05, 0.1) is 11.4 Å². The number of para-hydroxylation sites is 1. The van der Waals surface area contributed by atoms with Crippen LogP contribution < -0.4 is 5.69 Å². The van der Waals surface area contributed by atoms with Crippen molar-refractivity contribution in [2.45, 2.75) is 0 Å². The standard InChI is InChI=1S/C17H11ClN4O/c18-15-16-20-22(13-9-5-2-6-10-13)17(23)21(16)11-14(19-15)12-7-3-1-4-8-12/h1-11H. The summed E-state index contributed by atoms with van der Waals surface area (Å²) in [6.45, 7) is 0. The minimum Gasteiger partial charge on any atom is -0.245 e. The lowest BCUT2D eigenvalue weighted by atomic mass is 10.2. The molecule has 4 rings (SSSR count). The predicted octanol–water partition coefficient (Wildman–Crippen LogP) is 3.20. The summed E-state index contributed by atoms with van der Waals surface area (Å²) < 4.78 is 2.74. The molecule has 0 aliphatic carbocycles. The van der Waals surface area contributed by atoms with Crippen LogP contribution in [0.3, 0.4) is 0 Å². The zero-order valence-corrected chi connectivity index (χ0v) is 12.7. The molecule has 0 atom stereocenters. The Labute approximate surface area is 136 Å². The molecular formula is C17H11ClN4O. The SMILES string of the molecule is O=c1n(-c2ccccc2)nc2c(Cl)nc(-c3ccccc3)cn12. The molecular weight excluding hydrogens is 312 g/mol. The number of fused-ring (bicyclic) bond motifs is 1. The average Bonchev–Trinajstić information content (AvgIpc) is 2.94. The Morgan fingerprint density at radius 1 is 0.913 bits per heavy atom. The fraction of sp³-hybridized carbons (Fsp3) is 0. The van der Waals surface area contributed by atoms with Crippen molar-refractivity contribution in [3.05, 3.63) is 82.5 Å². The Kier molecular flexibility index (Phi) is 3.20. The molecule has 2 aromatic heterocycles. The van der Waals surface area contributed by atoms with E-state index in [2.05, 4.69) is 10.1 Å². The molecule has 0 N–H and O–H groups in total. The van der Waals surface area contributed by atoms with E-state index < -0.39 is 0 Å². The third-order valence-electron chi connectivity index (χ3n) is 3.54. The summed E-state index contributed by atoms with van der Waals surface area (Å²) in [5, 5.41) is 4.48. The predicted molar refractivity (Wildman–Crippen MR) is 89.0 cm³/mol. The van der Waals surface area contributed by atoms with E-state index in [-0.39, 0.29) is 10.8 Å². The highest BCUT2D eigenvalue weighted by Crippen LogP contribution is 2.21. The monoisotopic (exact) mass is 322 g/mol. The van der Waals surface area contributed by atoms with E-state index in [0.29, 0.717) is 17.0 Å². The molecule has 0 aliphatic rings. The van der Waals surface area contributed by atoms with E-state index in [4.69, 9.17) is 11.6 Å². The van der Waals surface area contributed by atoms with Crippen molar-refractivity contribution in [1.82, 2.24) is 19.2 Å². The Bertz CT molecular complexity index is 1040. The van der Waals surface area contributed by atoms with Gasteiger partial charge in [-0.3, -0.25) is 0 Å². The van der Waals surface area contributed by atoms with Gasteiger partial charge < -0.3 is 0 Å². The molecule has 0 amide bonds. The highest BCUT2D eigenvalue weighted by atomic mass is 35.5. The first-order valence-electron chi connectivity index (χ1n) is 7.03. The molecule has 6 heteroatoms. The second-order valence-corrected chi connectivity index (χ2v) is 5.36. The summed E-state index contributed by atoms with van der Waals surface area (Å²) in [4.78, 5) is 17.0. The normalized spacial score (nSPS) is 11.0. The first-order valence-corrected chi connectivity index (χ1v) is 7.40. The summed E-state index contributed by atoms with van der Waals surface area (Å²) >= 11 is 6.24. The number of nitrogens with zero attached hydrogens (tertiary/aromatic N) is 4. The fourth-order valence-corrected chi connectivity index (χ4v) is 2.65. The lowest BCUT2D eigenvalue weighted by Gasteiger charge is -2.01. The zero-order chi connectivity index (χ0) is 15.8. The van der Waals surface area contributed by atoms with Gasteiger partial charge in [0.1, 0.15) is 0 Å². The lowest BCUT2D eigenvalue weighted by Crippen LogP contribution is -2.19. The number of hydrogen-bond donors (Lipinski definition) is 0. The van der Waals surface area contributed by atoms with E-state index in [1.807, 2.05) is 60.7 Å². The van der Waals surface area contributed by atoms with Crippen molar-refractivity contribution < 1.29 is 0 Å². The number of aromatic nitrogens is 4. The Morgan fingerprint density at radius 2 is 1.57 bits per heavy atom. The minimum absolute atomic E-state index is 0.193. The van der Waals surface area contributed by atoms with Crippen molar-refractivity contribution in [3.63, 3.8) is 0 Å². The smallest absolute Gasteiger partial charge is 0.245 e. The largest absolute Gasteiger partial charge is 0.355 e. The summed E-state index contributed by atoms with van der Waals surface area (Å²) in [5.41, 5.74) is 2.24. The maximum atomic E-state index is 12.6. The van der Waals surface area contributed by atoms with Crippen LogP contribution in [0.4, 0.5) is 0 Å². The van der Waals surface area contributed by atoms with Crippen molar-refractivity contribution in [1.29, 1.82) is 0 Å². The van der Waals surface area contributed by atoms with Gasteiger partial charge in [-0.05, 0) is 12.1 Å². The number of halogens is 1. The van der Waals surface area contributed by atoms with Gasteiger partial charge in [-0.15, -0.1) is 5.10 Å². The summed E-state index contributed by atoms with van der Waals surface area (Å²) in [7, 11) is 0. The van der Waals surface area contributed by atoms with Gasteiger partial charge in [0.15, 0.2) is 10.8 Å². The van der Waals surface area contributed by atoms with Crippen LogP contribution in [0.5, 0.6) is 0 Å². The summed E-state index contributed by atoms with van der Waals surface area (Å²) in [6.07, 6.45) is 1.66. The molecule has 0 spiro atoms. The molecule has 0 fully saturated rings. The van der Waals surface area contributed by atoms with E-state index >= 15 is 0 Å². The number of hydrogen-bond acceptors (Lipinski definition) is 3. The highest BCUT2D eigenvalue weighted by Gasteiger charge is 2.14. The van der Waals surface area contributed by atoms with Crippen molar-refractivity contribution in [3.8, 4) is 16.9 Å². The van der Waals surface area contributed by atoms with Gasteiger partial charge in [-0.1, -0.05) is 60.1 Å². The molecule has 2 aromatic carbocycles. The minimum atomic E-state index is -0.285. The third kappa shape index (κ3) is 2.31. The van der Waals surface area contributed by atoms with Crippen LogP contribution in [0.1, 0.15) is 0 Å². The molecule has 0 radical (unpaired) electrons. The van der Waals surface area contributed by atoms with Crippen LogP contribution in [-0.2, 0) is 0 Å². The van der Waals surface area contributed by atoms with Gasteiger partial charge in [-0.2, -0.15) is 4.68 Å². The highest BCUT2D eigenvalue weighted by molar-refractivity contribution is 6.32. The number of benzene rings is 2. The Morgan fingerprint density at radius 3 is 2.26 bits per heavy atom. The summed E-state index contributed by atoms with van der Waals surface area (Å²) in [6, 6.07) is 18.8. The zero-order valence-electron chi connectivity index (χ0n) is 11.9. The molecule has 5 nitrogen and oxygen atoms in total. The van der Waals surface area contributed by atoms with Crippen molar-refractivity contribution >= 4 is 17.2 Å². The van der Waals surface area contributed by atoms with E-state index in [9.17, 15) is 4.79 Å². The van der Waals surface area contributed by atoms with Gasteiger partial charge in [0.2, 0.25) is 0 Å². The second kappa shape index (κ2) is 5.37. The molecule has 112 valence electrons. The number of rotatable bonds is 2.